The minimum absolute atomic E-state index is 0.126. The van der Waals surface area contributed by atoms with Crippen LogP contribution in [0.4, 0.5) is 0 Å². The zero-order valence-electron chi connectivity index (χ0n) is 17.0. The van der Waals surface area contributed by atoms with Crippen LogP contribution < -0.4 is 0 Å². The Morgan fingerprint density at radius 1 is 1.04 bits per heavy atom. The lowest BCUT2D eigenvalue weighted by Gasteiger charge is -2.60. The molecule has 0 amide bonds. The number of hydrogen-bond acceptors (Lipinski definition) is 2. The van der Waals surface area contributed by atoms with Crippen molar-refractivity contribution >= 4 is 5.78 Å². The molecule has 0 aromatic carbocycles. The van der Waals surface area contributed by atoms with Gasteiger partial charge in [0.25, 0.3) is 0 Å². The van der Waals surface area contributed by atoms with Gasteiger partial charge in [-0.2, -0.15) is 0 Å². The van der Waals surface area contributed by atoms with Gasteiger partial charge in [0.15, 0.2) is 0 Å². The fraction of sp³-hybridized carbons (Fsp3) is 0.875. The van der Waals surface area contributed by atoms with Gasteiger partial charge in [-0.25, -0.2) is 0 Å². The van der Waals surface area contributed by atoms with E-state index in [9.17, 15) is 9.90 Å². The fourth-order valence-electron chi connectivity index (χ4n) is 7.94. The molecule has 0 radical (unpaired) electrons. The molecule has 0 aromatic heterocycles. The van der Waals surface area contributed by atoms with E-state index in [-0.39, 0.29) is 17.4 Å². The second kappa shape index (κ2) is 6.76. The summed E-state index contributed by atoms with van der Waals surface area (Å²) < 4.78 is 0. The number of hydrogen-bond donors (Lipinski definition) is 1. The summed E-state index contributed by atoms with van der Waals surface area (Å²) in [4.78, 5) is 13.1. The van der Waals surface area contributed by atoms with Crippen LogP contribution in [-0.2, 0) is 4.79 Å². The number of ketones is 1. The molecule has 2 nitrogen and oxygen atoms in total. The van der Waals surface area contributed by atoms with Crippen molar-refractivity contribution in [2.24, 2.45) is 40.4 Å². The molecule has 1 N–H and O–H groups in total. The maximum atomic E-state index is 13.1. The maximum absolute atomic E-state index is 13.1. The Balaban J connectivity index is 1.58. The van der Waals surface area contributed by atoms with Crippen LogP contribution in [-0.4, -0.2) is 17.0 Å². The lowest BCUT2D eigenvalue weighted by atomic mass is 9.44. The number of rotatable bonds is 3. The van der Waals surface area contributed by atoms with Crippen molar-refractivity contribution in [2.75, 3.05) is 0 Å². The highest BCUT2D eigenvalue weighted by atomic mass is 16.3. The molecule has 0 bridgehead atoms. The SMILES string of the molecule is CC/C=C/C[C@H]1CCC2C3CC(=O)[C@H]4C[C@H](O)CCC4(C)C3CCC21C. The van der Waals surface area contributed by atoms with E-state index in [1.54, 1.807) is 0 Å². The average molecular weight is 359 g/mol. The molecule has 26 heavy (non-hydrogen) atoms. The minimum Gasteiger partial charge on any atom is -0.393 e. The van der Waals surface area contributed by atoms with Crippen molar-refractivity contribution in [3.8, 4) is 0 Å². The van der Waals surface area contributed by atoms with E-state index in [0.29, 0.717) is 23.0 Å². The second-order valence-electron chi connectivity index (χ2n) is 10.5. The number of Topliss-reactive ketones (excluding diaryl/α,β-unsaturated/α-hetero) is 1. The summed E-state index contributed by atoms with van der Waals surface area (Å²) in [7, 11) is 0. The average Bonchev–Trinajstić information content (AvgIpc) is 2.94. The predicted molar refractivity (Wildman–Crippen MR) is 106 cm³/mol. The van der Waals surface area contributed by atoms with E-state index in [1.165, 1.54) is 32.1 Å². The topological polar surface area (TPSA) is 37.3 Å². The molecule has 4 fully saturated rings. The van der Waals surface area contributed by atoms with Gasteiger partial charge in [-0.3, -0.25) is 4.79 Å². The minimum atomic E-state index is -0.247. The maximum Gasteiger partial charge on any atom is 0.136 e. The van der Waals surface area contributed by atoms with Crippen molar-refractivity contribution in [1.29, 1.82) is 0 Å². The van der Waals surface area contributed by atoms with Gasteiger partial charge in [0, 0.05) is 12.3 Å². The third-order valence-corrected chi connectivity index (χ3v) is 9.45. The van der Waals surface area contributed by atoms with Gasteiger partial charge in [0.2, 0.25) is 0 Å². The third-order valence-electron chi connectivity index (χ3n) is 9.45. The van der Waals surface area contributed by atoms with Crippen molar-refractivity contribution in [3.63, 3.8) is 0 Å². The van der Waals surface area contributed by atoms with Gasteiger partial charge in [-0.05, 0) is 92.3 Å². The van der Waals surface area contributed by atoms with E-state index < -0.39 is 0 Å². The Labute approximate surface area is 159 Å². The van der Waals surface area contributed by atoms with E-state index >= 15 is 0 Å². The van der Waals surface area contributed by atoms with Gasteiger partial charge < -0.3 is 5.11 Å². The number of carbonyl (C=O) groups is 1. The Bertz CT molecular complexity index is 581. The fourth-order valence-corrected chi connectivity index (χ4v) is 7.94. The molecule has 0 spiro atoms. The second-order valence-corrected chi connectivity index (χ2v) is 10.5. The van der Waals surface area contributed by atoms with Crippen LogP contribution in [0.2, 0.25) is 0 Å². The Kier molecular flexibility index (Phi) is 4.87. The molecular weight excluding hydrogens is 320 g/mol. The van der Waals surface area contributed by atoms with E-state index in [0.717, 1.165) is 43.9 Å². The molecule has 0 saturated heterocycles. The van der Waals surface area contributed by atoms with Gasteiger partial charge in [-0.15, -0.1) is 0 Å². The largest absolute Gasteiger partial charge is 0.393 e. The normalized spacial score (nSPS) is 51.2. The third kappa shape index (κ3) is 2.74. The molecule has 0 aromatic rings. The van der Waals surface area contributed by atoms with Crippen LogP contribution in [0.3, 0.4) is 0 Å². The predicted octanol–water partition coefficient (Wildman–Crippen LogP) is 5.54. The van der Waals surface area contributed by atoms with Crippen LogP contribution in [0.1, 0.15) is 85.0 Å². The first kappa shape index (κ1) is 18.7. The smallest absolute Gasteiger partial charge is 0.136 e. The summed E-state index contributed by atoms with van der Waals surface area (Å²) in [6.07, 6.45) is 15.7. The molecule has 5 unspecified atom stereocenters. The van der Waals surface area contributed by atoms with Gasteiger partial charge in [0.1, 0.15) is 5.78 Å². The highest BCUT2D eigenvalue weighted by Gasteiger charge is 2.61. The van der Waals surface area contributed by atoms with E-state index in [2.05, 4.69) is 32.9 Å². The summed E-state index contributed by atoms with van der Waals surface area (Å²) in [6, 6.07) is 0. The van der Waals surface area contributed by atoms with E-state index in [4.69, 9.17) is 0 Å². The van der Waals surface area contributed by atoms with Gasteiger partial charge in [0.05, 0.1) is 6.10 Å². The number of carbonyl (C=O) groups excluding carboxylic acids is 1. The zero-order chi connectivity index (χ0) is 18.5. The summed E-state index contributed by atoms with van der Waals surface area (Å²) >= 11 is 0. The lowest BCUT2D eigenvalue weighted by molar-refractivity contribution is -0.159. The molecule has 4 saturated carbocycles. The first-order chi connectivity index (χ1) is 12.4. The number of fused-ring (bicyclic) bond motifs is 5. The Morgan fingerprint density at radius 3 is 2.54 bits per heavy atom. The molecule has 4 aliphatic carbocycles. The van der Waals surface area contributed by atoms with Crippen LogP contribution in [0, 0.1) is 40.4 Å². The summed E-state index contributed by atoms with van der Waals surface area (Å²) in [5.41, 5.74) is 0.595. The summed E-state index contributed by atoms with van der Waals surface area (Å²) in [6.45, 7) is 7.17. The molecular formula is C24H38O2. The van der Waals surface area contributed by atoms with Crippen molar-refractivity contribution < 1.29 is 9.90 Å². The summed E-state index contributed by atoms with van der Waals surface area (Å²) in [5, 5.41) is 10.1. The zero-order valence-corrected chi connectivity index (χ0v) is 17.0. The van der Waals surface area contributed by atoms with Crippen LogP contribution in [0.15, 0.2) is 12.2 Å². The highest BCUT2D eigenvalue weighted by Crippen LogP contribution is 2.67. The van der Waals surface area contributed by atoms with Crippen LogP contribution in [0.25, 0.3) is 0 Å². The molecule has 2 heteroatoms. The number of aliphatic hydroxyl groups is 1. The molecule has 146 valence electrons. The van der Waals surface area contributed by atoms with Crippen LogP contribution >= 0.6 is 0 Å². The van der Waals surface area contributed by atoms with Crippen LogP contribution in [0.5, 0.6) is 0 Å². The van der Waals surface area contributed by atoms with Gasteiger partial charge in [-0.1, -0.05) is 32.9 Å². The van der Waals surface area contributed by atoms with Crippen molar-refractivity contribution in [1.82, 2.24) is 0 Å². The monoisotopic (exact) mass is 358 g/mol. The lowest BCUT2D eigenvalue weighted by Crippen LogP contribution is -2.57. The van der Waals surface area contributed by atoms with Crippen molar-refractivity contribution in [2.45, 2.75) is 91.1 Å². The standard InChI is InChI=1S/C24H38O2/c1-4-5-6-7-16-8-9-19-18-15-22(26)21-14-17(25)10-12-24(21,3)20(18)11-13-23(16,19)2/h5-6,16-21,25H,4,7-15H2,1-3H3/b6-5+/t16-,17+,18?,19?,20?,21+,23?,24?/m0/s1. The van der Waals surface area contributed by atoms with Crippen molar-refractivity contribution in [3.05, 3.63) is 12.2 Å². The molecule has 0 aliphatic heterocycles. The Hall–Kier alpha value is -0.630. The van der Waals surface area contributed by atoms with Gasteiger partial charge >= 0.3 is 0 Å². The highest BCUT2D eigenvalue weighted by molar-refractivity contribution is 5.83. The first-order valence-corrected chi connectivity index (χ1v) is 11.3. The molecule has 4 rings (SSSR count). The number of allylic oxidation sites excluding steroid dienone is 2. The number of aliphatic hydroxyl groups excluding tert-OH is 1. The Morgan fingerprint density at radius 2 is 1.77 bits per heavy atom. The molecule has 4 aliphatic rings. The van der Waals surface area contributed by atoms with E-state index in [1.807, 2.05) is 0 Å². The molecule has 0 heterocycles. The molecule has 8 atom stereocenters. The summed E-state index contributed by atoms with van der Waals surface area (Å²) in [5.74, 6) is 3.48. The quantitative estimate of drug-likeness (QED) is 0.672. The first-order valence-electron chi connectivity index (χ1n) is 11.3.